The Morgan fingerprint density at radius 1 is 1.30 bits per heavy atom. The standard InChI is InChI=1S/C14H15N5O/c1-8-9(2)16-17-13(8)15-14(20)12-10-6-4-5-7-11(10)19(3)18-12/h4-7H,1-3H3,(H2,15,16,17,20). The Balaban J connectivity index is 1.99. The van der Waals surface area contributed by atoms with E-state index in [4.69, 9.17) is 0 Å². The molecule has 6 heteroatoms. The number of fused-ring (bicyclic) bond motifs is 1. The maximum absolute atomic E-state index is 12.4. The minimum atomic E-state index is -0.253. The summed E-state index contributed by atoms with van der Waals surface area (Å²) in [5, 5.41) is 14.8. The second-order valence-corrected chi connectivity index (χ2v) is 4.77. The van der Waals surface area contributed by atoms with Crippen LogP contribution in [0, 0.1) is 13.8 Å². The molecule has 2 N–H and O–H groups in total. The van der Waals surface area contributed by atoms with Gasteiger partial charge in [0.15, 0.2) is 11.5 Å². The first-order valence-corrected chi connectivity index (χ1v) is 6.32. The number of para-hydroxylation sites is 1. The van der Waals surface area contributed by atoms with Crippen LogP contribution in [0.2, 0.25) is 0 Å². The van der Waals surface area contributed by atoms with Gasteiger partial charge in [-0.2, -0.15) is 10.2 Å². The van der Waals surface area contributed by atoms with Crippen molar-refractivity contribution >= 4 is 22.6 Å². The van der Waals surface area contributed by atoms with Crippen LogP contribution in [-0.4, -0.2) is 25.9 Å². The van der Waals surface area contributed by atoms with E-state index in [1.807, 2.05) is 45.2 Å². The molecule has 0 atom stereocenters. The van der Waals surface area contributed by atoms with Crippen LogP contribution in [0.25, 0.3) is 10.9 Å². The highest BCUT2D eigenvalue weighted by Crippen LogP contribution is 2.20. The summed E-state index contributed by atoms with van der Waals surface area (Å²) >= 11 is 0. The molecule has 0 unspecified atom stereocenters. The second kappa shape index (κ2) is 4.48. The maximum atomic E-state index is 12.4. The number of hydrogen-bond acceptors (Lipinski definition) is 3. The lowest BCUT2D eigenvalue weighted by Crippen LogP contribution is -2.14. The zero-order valence-electron chi connectivity index (χ0n) is 11.6. The molecule has 0 saturated heterocycles. The second-order valence-electron chi connectivity index (χ2n) is 4.77. The third kappa shape index (κ3) is 1.85. The van der Waals surface area contributed by atoms with Crippen molar-refractivity contribution in [1.82, 2.24) is 20.0 Å². The Morgan fingerprint density at radius 2 is 2.05 bits per heavy atom. The van der Waals surface area contributed by atoms with Crippen molar-refractivity contribution in [1.29, 1.82) is 0 Å². The summed E-state index contributed by atoms with van der Waals surface area (Å²) in [7, 11) is 1.82. The topological polar surface area (TPSA) is 75.6 Å². The lowest BCUT2D eigenvalue weighted by atomic mass is 10.2. The third-order valence-electron chi connectivity index (χ3n) is 3.46. The van der Waals surface area contributed by atoms with Crippen molar-refractivity contribution in [3.05, 3.63) is 41.2 Å². The van der Waals surface area contributed by atoms with Crippen LogP contribution in [0.5, 0.6) is 0 Å². The van der Waals surface area contributed by atoms with Crippen molar-refractivity contribution in [2.45, 2.75) is 13.8 Å². The van der Waals surface area contributed by atoms with Crippen LogP contribution in [0.15, 0.2) is 24.3 Å². The fourth-order valence-corrected chi connectivity index (χ4v) is 2.16. The molecule has 0 saturated carbocycles. The number of H-pyrrole nitrogens is 1. The van der Waals surface area contributed by atoms with E-state index >= 15 is 0 Å². The van der Waals surface area contributed by atoms with Gasteiger partial charge < -0.3 is 5.32 Å². The Kier molecular flexibility index (Phi) is 2.78. The monoisotopic (exact) mass is 269 g/mol. The number of rotatable bonds is 2. The number of amides is 1. The van der Waals surface area contributed by atoms with Gasteiger partial charge in [-0.25, -0.2) is 0 Å². The molecule has 6 nitrogen and oxygen atoms in total. The molecule has 0 aliphatic carbocycles. The highest BCUT2D eigenvalue weighted by atomic mass is 16.2. The van der Waals surface area contributed by atoms with Crippen molar-refractivity contribution in [3.8, 4) is 0 Å². The van der Waals surface area contributed by atoms with Crippen molar-refractivity contribution in [2.75, 3.05) is 5.32 Å². The zero-order valence-corrected chi connectivity index (χ0v) is 11.6. The lowest BCUT2D eigenvalue weighted by Gasteiger charge is -2.00. The van der Waals surface area contributed by atoms with Crippen molar-refractivity contribution < 1.29 is 4.79 Å². The molecule has 102 valence electrons. The van der Waals surface area contributed by atoms with Gasteiger partial charge in [0.1, 0.15) is 0 Å². The highest BCUT2D eigenvalue weighted by Gasteiger charge is 2.17. The molecule has 0 fully saturated rings. The van der Waals surface area contributed by atoms with Crippen LogP contribution in [0.1, 0.15) is 21.7 Å². The molecule has 0 bridgehead atoms. The van der Waals surface area contributed by atoms with Crippen LogP contribution >= 0.6 is 0 Å². The molecule has 2 aromatic heterocycles. The summed E-state index contributed by atoms with van der Waals surface area (Å²) in [4.78, 5) is 12.4. The van der Waals surface area contributed by atoms with Crippen molar-refractivity contribution in [2.24, 2.45) is 7.05 Å². The van der Waals surface area contributed by atoms with Gasteiger partial charge in [0.05, 0.1) is 5.52 Å². The molecule has 0 radical (unpaired) electrons. The quantitative estimate of drug-likeness (QED) is 0.748. The molecule has 1 aromatic carbocycles. The van der Waals surface area contributed by atoms with Gasteiger partial charge in [0.25, 0.3) is 5.91 Å². The fourth-order valence-electron chi connectivity index (χ4n) is 2.16. The van der Waals surface area contributed by atoms with Crippen LogP contribution in [0.3, 0.4) is 0 Å². The molecule has 0 spiro atoms. The molecular weight excluding hydrogens is 254 g/mol. The van der Waals surface area contributed by atoms with Crippen LogP contribution in [0.4, 0.5) is 5.82 Å². The molecular formula is C14H15N5O. The van der Waals surface area contributed by atoms with Gasteiger partial charge >= 0.3 is 0 Å². The molecule has 3 rings (SSSR count). The number of nitrogens with zero attached hydrogens (tertiary/aromatic N) is 3. The minimum absolute atomic E-state index is 0.253. The molecule has 20 heavy (non-hydrogen) atoms. The van der Waals surface area contributed by atoms with E-state index in [1.54, 1.807) is 4.68 Å². The van der Waals surface area contributed by atoms with E-state index in [1.165, 1.54) is 0 Å². The van der Waals surface area contributed by atoms with E-state index in [-0.39, 0.29) is 5.91 Å². The summed E-state index contributed by atoms with van der Waals surface area (Å²) in [6.45, 7) is 3.82. The Bertz CT molecular complexity index is 799. The summed E-state index contributed by atoms with van der Waals surface area (Å²) in [5.74, 6) is 0.290. The average molecular weight is 269 g/mol. The number of anilines is 1. The molecule has 0 aliphatic rings. The van der Waals surface area contributed by atoms with Crippen LogP contribution < -0.4 is 5.32 Å². The summed E-state index contributed by atoms with van der Waals surface area (Å²) in [5.41, 5.74) is 3.19. The number of aromatic amines is 1. The Labute approximate surface area is 115 Å². The third-order valence-corrected chi connectivity index (χ3v) is 3.46. The maximum Gasteiger partial charge on any atom is 0.278 e. The van der Waals surface area contributed by atoms with Crippen molar-refractivity contribution in [3.63, 3.8) is 0 Å². The highest BCUT2D eigenvalue weighted by molar-refractivity contribution is 6.11. The van der Waals surface area contributed by atoms with E-state index in [0.717, 1.165) is 22.2 Å². The molecule has 3 aromatic rings. The number of hydrogen-bond donors (Lipinski definition) is 2. The number of aromatic nitrogens is 4. The average Bonchev–Trinajstić information content (AvgIpc) is 2.94. The summed E-state index contributed by atoms with van der Waals surface area (Å²) < 4.78 is 1.70. The summed E-state index contributed by atoms with van der Waals surface area (Å²) in [6.07, 6.45) is 0. The molecule has 0 aliphatic heterocycles. The number of carbonyl (C=O) groups is 1. The first-order chi connectivity index (χ1) is 9.58. The molecule has 1 amide bonds. The smallest absolute Gasteiger partial charge is 0.278 e. The predicted octanol–water partition coefficient (Wildman–Crippen LogP) is 2.17. The largest absolute Gasteiger partial charge is 0.303 e. The Morgan fingerprint density at radius 3 is 2.75 bits per heavy atom. The SMILES string of the molecule is Cc1[nH]nc(NC(=O)c2nn(C)c3ccccc23)c1C. The number of nitrogens with one attached hydrogen (secondary N) is 2. The van der Waals surface area contributed by atoms with E-state index < -0.39 is 0 Å². The predicted molar refractivity (Wildman–Crippen MR) is 76.7 cm³/mol. The first kappa shape index (κ1) is 12.4. The zero-order chi connectivity index (χ0) is 14.3. The van der Waals surface area contributed by atoms with Gasteiger partial charge in [-0.15, -0.1) is 0 Å². The minimum Gasteiger partial charge on any atom is -0.303 e. The Hall–Kier alpha value is -2.63. The van der Waals surface area contributed by atoms with Gasteiger partial charge in [0.2, 0.25) is 0 Å². The number of carbonyl (C=O) groups excluding carboxylic acids is 1. The lowest BCUT2D eigenvalue weighted by molar-refractivity contribution is 0.102. The first-order valence-electron chi connectivity index (χ1n) is 6.32. The van der Waals surface area contributed by atoms with Gasteiger partial charge in [0, 0.05) is 23.7 Å². The fraction of sp³-hybridized carbons (Fsp3) is 0.214. The van der Waals surface area contributed by atoms with E-state index in [2.05, 4.69) is 20.6 Å². The van der Waals surface area contributed by atoms with Gasteiger partial charge in [-0.05, 0) is 19.9 Å². The van der Waals surface area contributed by atoms with Gasteiger partial charge in [-0.1, -0.05) is 18.2 Å². The normalized spacial score (nSPS) is 10.9. The van der Waals surface area contributed by atoms with Gasteiger partial charge in [-0.3, -0.25) is 14.6 Å². The number of benzene rings is 1. The van der Waals surface area contributed by atoms with E-state index in [9.17, 15) is 4.79 Å². The van der Waals surface area contributed by atoms with E-state index in [0.29, 0.717) is 11.5 Å². The number of aryl methyl sites for hydroxylation is 2. The molecule has 2 heterocycles. The summed E-state index contributed by atoms with van der Waals surface area (Å²) in [6, 6.07) is 7.64. The van der Waals surface area contributed by atoms with Crippen LogP contribution in [-0.2, 0) is 7.05 Å².